The van der Waals surface area contributed by atoms with Crippen molar-refractivity contribution in [1.82, 2.24) is 0 Å². The van der Waals surface area contributed by atoms with Crippen molar-refractivity contribution < 1.29 is 13.2 Å². The van der Waals surface area contributed by atoms with Crippen LogP contribution in [0.4, 0.5) is 11.4 Å². The van der Waals surface area contributed by atoms with Crippen molar-refractivity contribution in [3.8, 4) is 0 Å². The van der Waals surface area contributed by atoms with E-state index in [0.29, 0.717) is 11.4 Å². The van der Waals surface area contributed by atoms with Crippen LogP contribution in [-0.2, 0) is 10.0 Å². The van der Waals surface area contributed by atoms with E-state index in [9.17, 15) is 13.2 Å². The SMILES string of the molecule is Cc1cccc(NC(=O)c2ccc(Cl)c(S(=O)(=O)Nc3cccc(C)c3)c2)c1. The Kier molecular flexibility index (Phi) is 5.72. The van der Waals surface area contributed by atoms with Crippen molar-refractivity contribution >= 4 is 38.9 Å². The number of hydrogen-bond acceptors (Lipinski definition) is 3. The molecule has 0 unspecified atom stereocenters. The standard InChI is InChI=1S/C21H19ClN2O3S/c1-14-5-3-7-17(11-14)23-21(25)16-9-10-19(22)20(13-16)28(26,27)24-18-8-4-6-15(2)12-18/h3-13,24H,1-2H3,(H,23,25). The first-order chi connectivity index (χ1) is 13.2. The van der Waals surface area contributed by atoms with Crippen LogP contribution in [0.3, 0.4) is 0 Å². The molecule has 144 valence electrons. The zero-order valence-electron chi connectivity index (χ0n) is 15.4. The Bertz CT molecular complexity index is 1140. The molecule has 0 fully saturated rings. The molecule has 3 aromatic rings. The van der Waals surface area contributed by atoms with Gasteiger partial charge in [0.2, 0.25) is 0 Å². The van der Waals surface area contributed by atoms with E-state index in [0.717, 1.165) is 11.1 Å². The Hall–Kier alpha value is -2.83. The van der Waals surface area contributed by atoms with Crippen molar-refractivity contribution in [2.24, 2.45) is 0 Å². The van der Waals surface area contributed by atoms with Crippen LogP contribution in [0.1, 0.15) is 21.5 Å². The molecular formula is C21H19ClN2O3S. The predicted molar refractivity (Wildman–Crippen MR) is 113 cm³/mol. The molecule has 0 aliphatic heterocycles. The van der Waals surface area contributed by atoms with Gasteiger partial charge in [0.1, 0.15) is 4.90 Å². The lowest BCUT2D eigenvalue weighted by Gasteiger charge is -2.12. The number of sulfonamides is 1. The molecule has 5 nitrogen and oxygen atoms in total. The number of hydrogen-bond donors (Lipinski definition) is 2. The summed E-state index contributed by atoms with van der Waals surface area (Å²) in [6, 6.07) is 18.5. The van der Waals surface area contributed by atoms with E-state index in [1.165, 1.54) is 18.2 Å². The number of aryl methyl sites for hydroxylation is 2. The molecule has 28 heavy (non-hydrogen) atoms. The van der Waals surface area contributed by atoms with Gasteiger partial charge in [0.05, 0.1) is 5.02 Å². The van der Waals surface area contributed by atoms with Gasteiger partial charge in [-0.3, -0.25) is 9.52 Å². The Balaban J connectivity index is 1.89. The second kappa shape index (κ2) is 8.04. The summed E-state index contributed by atoms with van der Waals surface area (Å²) in [5.74, 6) is -0.422. The molecule has 1 amide bonds. The van der Waals surface area contributed by atoms with Gasteiger partial charge in [-0.05, 0) is 67.4 Å². The summed E-state index contributed by atoms with van der Waals surface area (Å²) in [5.41, 5.74) is 3.15. The van der Waals surface area contributed by atoms with Gasteiger partial charge >= 0.3 is 0 Å². The molecule has 0 radical (unpaired) electrons. The molecular weight excluding hydrogens is 396 g/mol. The first-order valence-corrected chi connectivity index (χ1v) is 10.4. The quantitative estimate of drug-likeness (QED) is 0.616. The van der Waals surface area contributed by atoms with Crippen molar-refractivity contribution in [3.63, 3.8) is 0 Å². The van der Waals surface area contributed by atoms with Crippen molar-refractivity contribution in [2.75, 3.05) is 10.0 Å². The molecule has 0 bridgehead atoms. The van der Waals surface area contributed by atoms with E-state index in [1.54, 1.807) is 24.3 Å². The van der Waals surface area contributed by atoms with Gasteiger partial charge in [0, 0.05) is 16.9 Å². The van der Waals surface area contributed by atoms with Crippen LogP contribution >= 0.6 is 11.6 Å². The number of amides is 1. The number of halogens is 1. The lowest BCUT2D eigenvalue weighted by Crippen LogP contribution is -2.16. The van der Waals surface area contributed by atoms with Gasteiger partial charge in [-0.1, -0.05) is 35.9 Å². The minimum Gasteiger partial charge on any atom is -0.322 e. The summed E-state index contributed by atoms with van der Waals surface area (Å²) in [5, 5.41) is 2.79. The first kappa shape index (κ1) is 19.9. The van der Waals surface area contributed by atoms with Crippen LogP contribution in [0, 0.1) is 13.8 Å². The van der Waals surface area contributed by atoms with Gasteiger partial charge in [-0.15, -0.1) is 0 Å². The summed E-state index contributed by atoms with van der Waals surface area (Å²) in [4.78, 5) is 12.4. The maximum atomic E-state index is 12.8. The molecule has 0 aliphatic rings. The van der Waals surface area contributed by atoms with E-state index in [1.807, 2.05) is 38.1 Å². The fraction of sp³-hybridized carbons (Fsp3) is 0.0952. The molecule has 0 spiro atoms. The summed E-state index contributed by atoms with van der Waals surface area (Å²) in [6.07, 6.45) is 0. The molecule has 3 rings (SSSR count). The van der Waals surface area contributed by atoms with Crippen molar-refractivity contribution in [3.05, 3.63) is 88.4 Å². The molecule has 2 N–H and O–H groups in total. The third-order valence-corrected chi connectivity index (χ3v) is 5.89. The maximum absolute atomic E-state index is 12.8. The number of benzene rings is 3. The van der Waals surface area contributed by atoms with Crippen LogP contribution in [0.5, 0.6) is 0 Å². The number of carbonyl (C=O) groups is 1. The Morgan fingerprint density at radius 3 is 2.11 bits per heavy atom. The third kappa shape index (κ3) is 4.71. The van der Waals surface area contributed by atoms with E-state index in [-0.39, 0.29) is 15.5 Å². The molecule has 0 aliphatic carbocycles. The molecule has 0 saturated heterocycles. The van der Waals surface area contributed by atoms with Gasteiger partial charge in [-0.2, -0.15) is 0 Å². The Morgan fingerprint density at radius 2 is 1.46 bits per heavy atom. The van der Waals surface area contributed by atoms with Gasteiger partial charge in [0.25, 0.3) is 15.9 Å². The zero-order valence-corrected chi connectivity index (χ0v) is 16.9. The molecule has 0 aromatic heterocycles. The van der Waals surface area contributed by atoms with Crippen LogP contribution in [0.2, 0.25) is 5.02 Å². The van der Waals surface area contributed by atoms with Gasteiger partial charge in [0.15, 0.2) is 0 Å². The Labute approximate surface area is 169 Å². The minimum atomic E-state index is -3.96. The molecule has 3 aromatic carbocycles. The fourth-order valence-corrected chi connectivity index (χ4v) is 4.27. The van der Waals surface area contributed by atoms with E-state index < -0.39 is 15.9 Å². The number of carbonyl (C=O) groups excluding carboxylic acids is 1. The lowest BCUT2D eigenvalue weighted by atomic mass is 10.2. The number of nitrogens with one attached hydrogen (secondary N) is 2. The summed E-state index contributed by atoms with van der Waals surface area (Å²) < 4.78 is 28.1. The average Bonchev–Trinajstić information content (AvgIpc) is 2.61. The van der Waals surface area contributed by atoms with Crippen molar-refractivity contribution in [2.45, 2.75) is 18.7 Å². The highest BCUT2D eigenvalue weighted by atomic mass is 35.5. The molecule has 0 atom stereocenters. The topological polar surface area (TPSA) is 75.3 Å². The minimum absolute atomic E-state index is 0.0345. The Morgan fingerprint density at radius 1 is 0.857 bits per heavy atom. The van der Waals surface area contributed by atoms with E-state index in [2.05, 4.69) is 10.0 Å². The second-order valence-corrected chi connectivity index (χ2v) is 8.50. The van der Waals surface area contributed by atoms with E-state index >= 15 is 0 Å². The highest BCUT2D eigenvalue weighted by Gasteiger charge is 2.20. The smallest absolute Gasteiger partial charge is 0.263 e. The first-order valence-electron chi connectivity index (χ1n) is 8.52. The van der Waals surface area contributed by atoms with E-state index in [4.69, 9.17) is 11.6 Å². The third-order valence-electron chi connectivity index (χ3n) is 4.03. The van der Waals surface area contributed by atoms with Crippen LogP contribution in [0.15, 0.2) is 71.6 Å². The zero-order chi connectivity index (χ0) is 20.3. The monoisotopic (exact) mass is 414 g/mol. The van der Waals surface area contributed by atoms with Crippen LogP contribution < -0.4 is 10.0 Å². The van der Waals surface area contributed by atoms with Gasteiger partial charge in [-0.25, -0.2) is 8.42 Å². The number of rotatable bonds is 5. The lowest BCUT2D eigenvalue weighted by molar-refractivity contribution is 0.102. The highest BCUT2D eigenvalue weighted by molar-refractivity contribution is 7.92. The predicted octanol–water partition coefficient (Wildman–Crippen LogP) is 5.01. The molecule has 7 heteroatoms. The maximum Gasteiger partial charge on any atom is 0.263 e. The average molecular weight is 415 g/mol. The fourth-order valence-electron chi connectivity index (χ4n) is 2.70. The van der Waals surface area contributed by atoms with Crippen LogP contribution in [-0.4, -0.2) is 14.3 Å². The summed E-state index contributed by atoms with van der Waals surface area (Å²) in [7, 11) is -3.96. The second-order valence-electron chi connectivity index (χ2n) is 6.44. The summed E-state index contributed by atoms with van der Waals surface area (Å²) >= 11 is 6.11. The normalized spacial score (nSPS) is 11.1. The highest BCUT2D eigenvalue weighted by Crippen LogP contribution is 2.26. The molecule has 0 saturated carbocycles. The van der Waals surface area contributed by atoms with Gasteiger partial charge < -0.3 is 5.32 Å². The van der Waals surface area contributed by atoms with Crippen molar-refractivity contribution in [1.29, 1.82) is 0 Å². The molecule has 0 heterocycles. The number of anilines is 2. The summed E-state index contributed by atoms with van der Waals surface area (Å²) in [6.45, 7) is 3.78. The van der Waals surface area contributed by atoms with Crippen LogP contribution in [0.25, 0.3) is 0 Å². The largest absolute Gasteiger partial charge is 0.322 e.